The molecular weight excluding hydrogens is 485 g/mol. The second-order valence-electron chi connectivity index (χ2n) is 7.29. The number of imidazole rings is 1. The molecule has 0 fully saturated rings. The molecule has 2 aromatic carbocycles. The minimum Gasteiger partial charge on any atom is -0.480 e. The zero-order chi connectivity index (χ0) is 24.7. The van der Waals surface area contributed by atoms with E-state index in [1.807, 2.05) is 4.72 Å². The van der Waals surface area contributed by atoms with Crippen LogP contribution >= 0.6 is 0 Å². The van der Waals surface area contributed by atoms with Crippen LogP contribution in [0.25, 0.3) is 33.5 Å². The van der Waals surface area contributed by atoms with Crippen LogP contribution in [0.2, 0.25) is 0 Å². The van der Waals surface area contributed by atoms with Crippen molar-refractivity contribution in [3.8, 4) is 28.5 Å². The lowest BCUT2D eigenvalue weighted by Crippen LogP contribution is -2.16. The molecule has 0 amide bonds. The van der Waals surface area contributed by atoms with Gasteiger partial charge in [-0.2, -0.15) is 5.10 Å². The number of aromatic nitrogens is 5. The summed E-state index contributed by atoms with van der Waals surface area (Å²) in [6, 6.07) is 7.39. The van der Waals surface area contributed by atoms with Crippen molar-refractivity contribution in [2.24, 2.45) is 0 Å². The van der Waals surface area contributed by atoms with Gasteiger partial charge in [0.25, 0.3) is 10.0 Å². The first-order chi connectivity index (χ1) is 16.8. The number of benzene rings is 2. The van der Waals surface area contributed by atoms with Gasteiger partial charge >= 0.3 is 0 Å². The van der Waals surface area contributed by atoms with Gasteiger partial charge in [0.1, 0.15) is 17.0 Å². The summed E-state index contributed by atoms with van der Waals surface area (Å²) in [7, 11) is -3.35. The van der Waals surface area contributed by atoms with E-state index >= 15 is 8.78 Å². The number of aromatic amines is 2. The maximum atomic E-state index is 15.4. The van der Waals surface area contributed by atoms with Crippen LogP contribution in [0.1, 0.15) is 0 Å². The van der Waals surface area contributed by atoms with E-state index < -0.39 is 38.1 Å². The molecule has 5 aromatic rings. The van der Waals surface area contributed by atoms with E-state index in [0.717, 1.165) is 19.4 Å². The molecule has 0 spiro atoms. The number of nitrogens with one attached hydrogen (secondary N) is 3. The van der Waals surface area contributed by atoms with Crippen molar-refractivity contribution < 1.29 is 26.3 Å². The van der Waals surface area contributed by atoms with Crippen molar-refractivity contribution in [2.45, 2.75) is 4.90 Å². The van der Waals surface area contributed by atoms with Crippen molar-refractivity contribution in [2.75, 3.05) is 11.8 Å². The Kier molecular flexibility index (Phi) is 5.40. The van der Waals surface area contributed by atoms with Gasteiger partial charge in [0.2, 0.25) is 5.88 Å². The first kappa shape index (κ1) is 22.4. The summed E-state index contributed by atoms with van der Waals surface area (Å²) in [5, 5.41) is 7.12. The molecule has 0 aliphatic rings. The third kappa shape index (κ3) is 3.85. The second kappa shape index (κ2) is 8.43. The predicted octanol–water partition coefficient (Wildman–Crippen LogP) is 4.24. The van der Waals surface area contributed by atoms with Crippen molar-refractivity contribution in [3.63, 3.8) is 0 Å². The van der Waals surface area contributed by atoms with Gasteiger partial charge in [-0.1, -0.05) is 18.2 Å². The summed E-state index contributed by atoms with van der Waals surface area (Å²) in [5.74, 6) is -2.71. The first-order valence-corrected chi connectivity index (χ1v) is 11.5. The number of anilines is 1. The van der Waals surface area contributed by atoms with Crippen molar-refractivity contribution >= 4 is 26.6 Å². The van der Waals surface area contributed by atoms with Gasteiger partial charge in [0.05, 0.1) is 19.0 Å². The highest BCUT2D eigenvalue weighted by atomic mass is 32.2. The molecule has 3 N–H and O–H groups in total. The molecule has 0 saturated heterocycles. The highest BCUT2D eigenvalue weighted by Gasteiger charge is 2.25. The Balaban J connectivity index is 1.56. The fraction of sp³-hybridized carbons (Fsp3) is 0.0455. The van der Waals surface area contributed by atoms with Gasteiger partial charge < -0.3 is 9.72 Å². The molecule has 35 heavy (non-hydrogen) atoms. The molecule has 0 aliphatic carbocycles. The highest BCUT2D eigenvalue weighted by Crippen LogP contribution is 2.35. The molecule has 0 radical (unpaired) electrons. The van der Waals surface area contributed by atoms with Crippen LogP contribution in [-0.2, 0) is 10.0 Å². The van der Waals surface area contributed by atoms with Crippen LogP contribution in [0.15, 0.2) is 59.9 Å². The summed E-state index contributed by atoms with van der Waals surface area (Å²) in [4.78, 5) is 9.96. The van der Waals surface area contributed by atoms with Crippen LogP contribution in [0.3, 0.4) is 0 Å². The van der Waals surface area contributed by atoms with Gasteiger partial charge in [0, 0.05) is 35.0 Å². The van der Waals surface area contributed by atoms with Crippen molar-refractivity contribution in [1.82, 2.24) is 25.1 Å². The number of nitrogens with zero attached hydrogens (tertiary/aromatic N) is 3. The fourth-order valence-corrected chi connectivity index (χ4v) is 4.80. The van der Waals surface area contributed by atoms with Crippen LogP contribution in [0.4, 0.5) is 18.9 Å². The lowest BCUT2D eigenvalue weighted by atomic mass is 10.0. The molecule has 178 valence electrons. The second-order valence-corrected chi connectivity index (χ2v) is 8.94. The van der Waals surface area contributed by atoms with E-state index in [9.17, 15) is 12.8 Å². The Morgan fingerprint density at radius 2 is 1.83 bits per heavy atom. The van der Waals surface area contributed by atoms with Crippen LogP contribution in [0.5, 0.6) is 5.88 Å². The zero-order valence-electron chi connectivity index (χ0n) is 17.8. The molecule has 0 aliphatic heterocycles. The van der Waals surface area contributed by atoms with E-state index in [-0.39, 0.29) is 22.5 Å². The number of ether oxygens (including phenoxy) is 1. The number of halogens is 3. The summed E-state index contributed by atoms with van der Waals surface area (Å²) in [6.07, 6.45) is 3.92. The minimum absolute atomic E-state index is 0.0464. The molecule has 0 unspecified atom stereocenters. The van der Waals surface area contributed by atoms with Crippen molar-refractivity contribution in [3.05, 3.63) is 72.4 Å². The normalized spacial score (nSPS) is 11.7. The topological polar surface area (TPSA) is 126 Å². The van der Waals surface area contributed by atoms with Crippen LogP contribution in [0, 0.1) is 17.5 Å². The van der Waals surface area contributed by atoms with Gasteiger partial charge in [-0.3, -0.25) is 9.82 Å². The Labute approximate surface area is 196 Å². The molecule has 13 heteroatoms. The molecule has 0 bridgehead atoms. The number of methoxy groups -OCH3 is 1. The Morgan fingerprint density at radius 1 is 1.03 bits per heavy atom. The SMILES string of the molecule is COc1ncc(F)cc1S(=O)(=O)Nc1cccc(-c2ccc3c(-c4ncc[nH]4)[nH]nc3c2F)c1F. The molecule has 9 nitrogen and oxygen atoms in total. The number of rotatable bonds is 6. The lowest BCUT2D eigenvalue weighted by molar-refractivity contribution is 0.382. The molecule has 5 rings (SSSR count). The third-order valence-electron chi connectivity index (χ3n) is 5.20. The van der Waals surface area contributed by atoms with Crippen LogP contribution in [-0.4, -0.2) is 40.7 Å². The monoisotopic (exact) mass is 500 g/mol. The Morgan fingerprint density at radius 3 is 2.57 bits per heavy atom. The van der Waals surface area contributed by atoms with Gasteiger partial charge in [-0.15, -0.1) is 0 Å². The number of hydrogen-bond acceptors (Lipinski definition) is 6. The fourth-order valence-electron chi connectivity index (χ4n) is 3.61. The molecule has 0 saturated carbocycles. The largest absolute Gasteiger partial charge is 0.480 e. The average Bonchev–Trinajstić information content (AvgIpc) is 3.51. The summed E-state index contributed by atoms with van der Waals surface area (Å²) in [6.45, 7) is 0. The Bertz CT molecular complexity index is 1670. The Hall–Kier alpha value is -4.39. The summed E-state index contributed by atoms with van der Waals surface area (Å²) >= 11 is 0. The predicted molar refractivity (Wildman–Crippen MR) is 121 cm³/mol. The lowest BCUT2D eigenvalue weighted by Gasteiger charge is -2.13. The number of sulfonamides is 1. The standard InChI is InChI=1S/C22H15F3N6O3S/c1-34-22-16(9-11(23)10-28-22)35(32,33)31-15-4-2-3-12(17(15)24)13-5-6-14-19(18(13)25)29-30-20(14)21-26-7-8-27-21/h2-10,31H,1H3,(H,26,27)(H,29,30). The third-order valence-corrected chi connectivity index (χ3v) is 6.56. The first-order valence-electron chi connectivity index (χ1n) is 9.97. The van der Waals surface area contributed by atoms with E-state index in [1.54, 1.807) is 12.3 Å². The maximum Gasteiger partial charge on any atom is 0.267 e. The van der Waals surface area contributed by atoms with Gasteiger partial charge in [-0.05, 0) is 12.1 Å². The summed E-state index contributed by atoms with van der Waals surface area (Å²) in [5.41, 5.74) is -0.424. The smallest absolute Gasteiger partial charge is 0.267 e. The molecule has 3 aromatic heterocycles. The van der Waals surface area contributed by atoms with Crippen LogP contribution < -0.4 is 9.46 Å². The van der Waals surface area contributed by atoms with Crippen molar-refractivity contribution in [1.29, 1.82) is 0 Å². The highest BCUT2D eigenvalue weighted by molar-refractivity contribution is 7.92. The number of fused-ring (bicyclic) bond motifs is 1. The number of pyridine rings is 1. The molecule has 3 heterocycles. The minimum atomic E-state index is -4.51. The maximum absolute atomic E-state index is 15.4. The average molecular weight is 500 g/mol. The van der Waals surface area contributed by atoms with E-state index in [4.69, 9.17) is 4.74 Å². The van der Waals surface area contributed by atoms with E-state index in [2.05, 4.69) is 25.1 Å². The van der Waals surface area contributed by atoms with Gasteiger partial charge in [0.15, 0.2) is 22.4 Å². The zero-order valence-corrected chi connectivity index (χ0v) is 18.6. The van der Waals surface area contributed by atoms with E-state index in [0.29, 0.717) is 23.0 Å². The number of hydrogen-bond donors (Lipinski definition) is 3. The number of H-pyrrole nitrogens is 2. The summed E-state index contributed by atoms with van der Waals surface area (Å²) < 4.78 is 77.0. The molecular formula is C22H15F3N6O3S. The molecule has 0 atom stereocenters. The quantitative estimate of drug-likeness (QED) is 0.320. The van der Waals surface area contributed by atoms with E-state index in [1.165, 1.54) is 24.4 Å². The van der Waals surface area contributed by atoms with Gasteiger partial charge in [-0.25, -0.2) is 31.6 Å².